The van der Waals surface area contributed by atoms with Crippen LogP contribution in [0.2, 0.25) is 0 Å². The standard InChI is InChI=1S/C22H31N7O4/c23-20(24)16-7-6-15(11-25-16)12-27-21(32)18-8-9-28-29(18)22(33)17(26-13-19(30)31)10-14-4-2-1-3-5-14/h6-7,9,11,14,17-18,26H,1-5,8,10,12-13H2,(H3,23,24)(H,27,32)(H,30,31)/t17-,18+/m1/s1. The maximum absolute atomic E-state index is 13.3. The highest BCUT2D eigenvalue weighted by Gasteiger charge is 2.37. The molecule has 2 amide bonds. The van der Waals surface area contributed by atoms with Gasteiger partial charge in [0, 0.05) is 25.4 Å². The van der Waals surface area contributed by atoms with Gasteiger partial charge in [-0.3, -0.25) is 30.1 Å². The minimum Gasteiger partial charge on any atom is -0.480 e. The van der Waals surface area contributed by atoms with Crippen LogP contribution in [-0.4, -0.2) is 63.6 Å². The summed E-state index contributed by atoms with van der Waals surface area (Å²) in [5, 5.41) is 27.4. The van der Waals surface area contributed by atoms with Gasteiger partial charge in [-0.1, -0.05) is 38.2 Å². The lowest BCUT2D eigenvalue weighted by atomic mass is 9.84. The number of pyridine rings is 1. The minimum absolute atomic E-state index is 0.137. The van der Waals surface area contributed by atoms with Crippen LogP contribution in [-0.2, 0) is 20.9 Å². The predicted octanol–water partition coefficient (Wildman–Crippen LogP) is 0.582. The number of hydrogen-bond acceptors (Lipinski definition) is 7. The molecule has 0 aromatic carbocycles. The normalized spacial score (nSPS) is 19.3. The quantitative estimate of drug-likeness (QED) is 0.252. The lowest BCUT2D eigenvalue weighted by Gasteiger charge is -2.30. The first-order valence-electron chi connectivity index (χ1n) is 11.2. The topological polar surface area (TPSA) is 174 Å². The molecule has 1 saturated carbocycles. The molecule has 0 bridgehead atoms. The largest absolute Gasteiger partial charge is 0.480 e. The van der Waals surface area contributed by atoms with E-state index in [1.807, 2.05) is 0 Å². The van der Waals surface area contributed by atoms with E-state index in [-0.39, 0.29) is 37.2 Å². The van der Waals surface area contributed by atoms with Gasteiger partial charge in [0.1, 0.15) is 17.6 Å². The van der Waals surface area contributed by atoms with Crippen LogP contribution in [0.5, 0.6) is 0 Å². The average Bonchev–Trinajstić information content (AvgIpc) is 3.30. The maximum Gasteiger partial charge on any atom is 0.317 e. The van der Waals surface area contributed by atoms with Crippen LogP contribution < -0.4 is 16.4 Å². The van der Waals surface area contributed by atoms with Gasteiger partial charge in [-0.05, 0) is 24.0 Å². The zero-order chi connectivity index (χ0) is 23.8. The number of aromatic nitrogens is 1. The molecule has 178 valence electrons. The van der Waals surface area contributed by atoms with E-state index in [0.717, 1.165) is 31.2 Å². The van der Waals surface area contributed by atoms with Crippen molar-refractivity contribution < 1.29 is 19.5 Å². The summed E-state index contributed by atoms with van der Waals surface area (Å²) >= 11 is 0. The Labute approximate surface area is 192 Å². The van der Waals surface area contributed by atoms with Crippen LogP contribution in [0.1, 0.15) is 56.2 Å². The average molecular weight is 458 g/mol. The molecule has 11 heteroatoms. The lowest BCUT2D eigenvalue weighted by molar-refractivity contribution is -0.142. The smallest absolute Gasteiger partial charge is 0.317 e. The van der Waals surface area contributed by atoms with Crippen molar-refractivity contribution >= 4 is 29.8 Å². The van der Waals surface area contributed by atoms with Crippen molar-refractivity contribution in [3.63, 3.8) is 0 Å². The van der Waals surface area contributed by atoms with Gasteiger partial charge in [0.25, 0.3) is 5.91 Å². The molecule has 33 heavy (non-hydrogen) atoms. The second-order valence-electron chi connectivity index (χ2n) is 8.48. The number of carbonyl (C=O) groups is 3. The second kappa shape index (κ2) is 11.5. The summed E-state index contributed by atoms with van der Waals surface area (Å²) in [6.45, 7) is -0.133. The van der Waals surface area contributed by atoms with E-state index in [2.05, 4.69) is 20.7 Å². The molecule has 0 saturated heterocycles. The summed E-state index contributed by atoms with van der Waals surface area (Å²) in [7, 11) is 0. The molecule has 2 atom stereocenters. The molecular formula is C22H31N7O4. The number of nitrogens with two attached hydrogens (primary N) is 1. The highest BCUT2D eigenvalue weighted by molar-refractivity contribution is 5.94. The Morgan fingerprint density at radius 2 is 2.00 bits per heavy atom. The molecule has 1 aliphatic heterocycles. The predicted molar refractivity (Wildman–Crippen MR) is 121 cm³/mol. The van der Waals surface area contributed by atoms with Crippen LogP contribution in [0, 0.1) is 11.3 Å². The van der Waals surface area contributed by atoms with Gasteiger partial charge in [0.15, 0.2) is 0 Å². The molecule has 3 rings (SSSR count). The van der Waals surface area contributed by atoms with Crippen molar-refractivity contribution in [1.29, 1.82) is 5.41 Å². The molecule has 0 spiro atoms. The monoisotopic (exact) mass is 457 g/mol. The number of rotatable bonds is 10. The van der Waals surface area contributed by atoms with E-state index in [1.54, 1.807) is 12.1 Å². The van der Waals surface area contributed by atoms with Crippen LogP contribution in [0.3, 0.4) is 0 Å². The molecule has 1 aliphatic carbocycles. The number of carboxylic acid groups (broad SMARTS) is 1. The van der Waals surface area contributed by atoms with E-state index in [0.29, 0.717) is 18.0 Å². The summed E-state index contributed by atoms with van der Waals surface area (Å²) in [4.78, 5) is 41.2. The second-order valence-corrected chi connectivity index (χ2v) is 8.48. The maximum atomic E-state index is 13.3. The molecule has 1 fully saturated rings. The molecule has 11 nitrogen and oxygen atoms in total. The number of hydrazone groups is 1. The van der Waals surface area contributed by atoms with Crippen molar-refractivity contribution in [1.82, 2.24) is 20.6 Å². The first kappa shape index (κ1) is 24.3. The van der Waals surface area contributed by atoms with Crippen molar-refractivity contribution in [2.75, 3.05) is 6.54 Å². The molecule has 1 aromatic heterocycles. The Morgan fingerprint density at radius 3 is 2.64 bits per heavy atom. The Balaban J connectivity index is 1.61. The molecule has 0 radical (unpaired) electrons. The molecule has 6 N–H and O–H groups in total. The summed E-state index contributed by atoms with van der Waals surface area (Å²) < 4.78 is 0. The van der Waals surface area contributed by atoms with Gasteiger partial charge >= 0.3 is 5.97 Å². The third-order valence-electron chi connectivity index (χ3n) is 6.02. The van der Waals surface area contributed by atoms with Crippen LogP contribution >= 0.6 is 0 Å². The third-order valence-corrected chi connectivity index (χ3v) is 6.02. The van der Waals surface area contributed by atoms with Gasteiger partial charge in [0.2, 0.25) is 5.91 Å². The third kappa shape index (κ3) is 6.82. The zero-order valence-corrected chi connectivity index (χ0v) is 18.5. The number of amides is 2. The van der Waals surface area contributed by atoms with E-state index in [4.69, 9.17) is 16.2 Å². The van der Waals surface area contributed by atoms with Crippen LogP contribution in [0.25, 0.3) is 0 Å². The van der Waals surface area contributed by atoms with Gasteiger partial charge < -0.3 is 16.2 Å². The van der Waals surface area contributed by atoms with Gasteiger partial charge in [-0.25, -0.2) is 5.01 Å². The lowest BCUT2D eigenvalue weighted by Crippen LogP contribution is -2.52. The number of nitrogen functional groups attached to an aromatic ring is 1. The number of carbonyl (C=O) groups excluding carboxylic acids is 2. The SMILES string of the molecule is N=C(N)c1ccc(CNC(=O)[C@@H]2CC=NN2C(=O)[C@@H](CC2CCCCC2)NCC(=O)O)cn1. The molecule has 1 aromatic rings. The van der Waals surface area contributed by atoms with Crippen LogP contribution in [0.15, 0.2) is 23.4 Å². The Morgan fingerprint density at radius 1 is 1.24 bits per heavy atom. The Kier molecular flexibility index (Phi) is 8.47. The van der Waals surface area contributed by atoms with E-state index < -0.39 is 18.1 Å². The van der Waals surface area contributed by atoms with Crippen LogP contribution in [0.4, 0.5) is 0 Å². The van der Waals surface area contributed by atoms with E-state index >= 15 is 0 Å². The molecular weight excluding hydrogens is 426 g/mol. The van der Waals surface area contributed by atoms with E-state index in [1.165, 1.54) is 23.8 Å². The molecule has 0 unspecified atom stereocenters. The summed E-state index contributed by atoms with van der Waals surface area (Å²) in [5.74, 6) is -1.57. The fourth-order valence-electron chi connectivity index (χ4n) is 4.24. The summed E-state index contributed by atoms with van der Waals surface area (Å²) in [6, 6.07) is 1.82. The molecule has 2 aliphatic rings. The number of carboxylic acids is 1. The number of amidine groups is 1. The van der Waals surface area contributed by atoms with Gasteiger partial charge in [-0.15, -0.1) is 0 Å². The number of nitrogens with zero attached hydrogens (tertiary/aromatic N) is 3. The van der Waals surface area contributed by atoms with E-state index in [9.17, 15) is 14.4 Å². The first-order valence-corrected chi connectivity index (χ1v) is 11.2. The summed E-state index contributed by atoms with van der Waals surface area (Å²) in [5.41, 5.74) is 6.47. The Hall–Kier alpha value is -3.34. The first-order chi connectivity index (χ1) is 15.8. The fourth-order valence-corrected chi connectivity index (χ4v) is 4.24. The number of nitrogens with one attached hydrogen (secondary N) is 3. The summed E-state index contributed by atoms with van der Waals surface area (Å²) in [6.07, 6.45) is 9.31. The van der Waals surface area contributed by atoms with Crippen molar-refractivity contribution in [3.05, 3.63) is 29.6 Å². The zero-order valence-electron chi connectivity index (χ0n) is 18.5. The highest BCUT2D eigenvalue weighted by Crippen LogP contribution is 2.28. The highest BCUT2D eigenvalue weighted by atomic mass is 16.4. The molecule has 2 heterocycles. The van der Waals surface area contributed by atoms with Gasteiger partial charge in [0.05, 0.1) is 12.6 Å². The number of aliphatic carboxylic acids is 1. The van der Waals surface area contributed by atoms with Crippen molar-refractivity contribution in [2.45, 2.75) is 63.6 Å². The minimum atomic E-state index is -1.04. The Bertz CT molecular complexity index is 897. The van der Waals surface area contributed by atoms with Crippen molar-refractivity contribution in [2.24, 2.45) is 16.8 Å². The van der Waals surface area contributed by atoms with Crippen molar-refractivity contribution in [3.8, 4) is 0 Å². The van der Waals surface area contributed by atoms with Gasteiger partial charge in [-0.2, -0.15) is 5.10 Å². The fraction of sp³-hybridized carbons (Fsp3) is 0.545. The number of hydrogen-bond donors (Lipinski definition) is 5.